The van der Waals surface area contributed by atoms with E-state index in [1.807, 2.05) is 39.8 Å². The van der Waals surface area contributed by atoms with E-state index < -0.39 is 148 Å². The molecule has 4 aromatic carbocycles. The van der Waals surface area contributed by atoms with Gasteiger partial charge in [0, 0.05) is 78.3 Å². The normalized spacial score (nSPS) is 12.9. The van der Waals surface area contributed by atoms with Gasteiger partial charge in [0.05, 0.1) is 48.8 Å². The number of hydrogen-bond acceptors (Lipinski definition) is 11. The van der Waals surface area contributed by atoms with Gasteiger partial charge in [-0.25, -0.2) is 22.4 Å². The maximum Gasteiger partial charge on any atom is 0.416 e. The number of nitrogens with zero attached hydrogens (tertiary/aromatic N) is 4. The summed E-state index contributed by atoms with van der Waals surface area (Å²) in [6.07, 6.45) is -11.8. The van der Waals surface area contributed by atoms with Crippen molar-refractivity contribution in [3.63, 3.8) is 0 Å². The molecule has 6 rings (SSSR count). The summed E-state index contributed by atoms with van der Waals surface area (Å²) < 4.78 is 196. The molecule has 0 saturated carbocycles. The average molecular weight is 1520 g/mol. The number of ketones is 1. The number of hydrogen-bond donors (Lipinski definition) is 2. The fraction of sp³-hybridized carbons (Fsp3) is 0.493. The summed E-state index contributed by atoms with van der Waals surface area (Å²) in [6.45, 7) is 21.7. The molecule has 0 aliphatic rings. The lowest BCUT2D eigenvalue weighted by atomic mass is 9.82. The molecule has 0 aliphatic heterocycles. The van der Waals surface area contributed by atoms with Gasteiger partial charge in [-0.15, -0.1) is 0 Å². The van der Waals surface area contributed by atoms with Crippen molar-refractivity contribution in [2.45, 2.75) is 178 Å². The maximum absolute atomic E-state index is 16.7. The third-order valence-electron chi connectivity index (χ3n) is 17.2. The van der Waals surface area contributed by atoms with E-state index in [1.54, 1.807) is 59.8 Å². The molecular formula is C75H96F13N5O9S2. The predicted molar refractivity (Wildman–Crippen MR) is 385 cm³/mol. The molecule has 0 aliphatic carbocycles. The number of ether oxygens (including phenoxy) is 2. The van der Waals surface area contributed by atoms with Gasteiger partial charge in [-0.2, -0.15) is 66.5 Å². The first kappa shape index (κ1) is 92.6. The Kier molecular flexibility index (Phi) is 34.9. The van der Waals surface area contributed by atoms with Crippen molar-refractivity contribution in [3.8, 4) is 22.3 Å². The molecule has 29 heteroatoms. The highest BCUT2D eigenvalue weighted by molar-refractivity contribution is 7.59. The van der Waals surface area contributed by atoms with Gasteiger partial charge < -0.3 is 39.2 Å². The first-order chi connectivity index (χ1) is 47.1. The van der Waals surface area contributed by atoms with Gasteiger partial charge >= 0.3 is 36.4 Å². The van der Waals surface area contributed by atoms with Crippen molar-refractivity contribution in [2.75, 3.05) is 54.5 Å². The highest BCUT2D eigenvalue weighted by Gasteiger charge is 2.39. The molecule has 2 unspecified atom stereocenters. The van der Waals surface area contributed by atoms with Gasteiger partial charge in [-0.1, -0.05) is 39.8 Å². The largest absolute Gasteiger partial charge is 0.480 e. The number of aryl methyl sites for hydroxylation is 5. The maximum atomic E-state index is 16.7. The van der Waals surface area contributed by atoms with Crippen LogP contribution in [-0.4, -0.2) is 102 Å². The highest BCUT2D eigenvalue weighted by atomic mass is 32.1. The molecule has 2 heterocycles. The number of Topliss-reactive ketones (excluding diaryl/α,β-unsaturated/α-hetero) is 1. The summed E-state index contributed by atoms with van der Waals surface area (Å²) in [5.74, 6) is -8.92. The Balaban J connectivity index is 0.000000570. The predicted octanol–water partition coefficient (Wildman–Crippen LogP) is 16.8. The Morgan fingerprint density at radius 3 is 1.31 bits per heavy atom. The summed E-state index contributed by atoms with van der Waals surface area (Å²) in [7, 11) is 7.29. The van der Waals surface area contributed by atoms with Crippen molar-refractivity contribution in [3.05, 3.63) is 183 Å². The first-order valence-electron chi connectivity index (χ1n) is 33.1. The number of benzene rings is 4. The highest BCUT2D eigenvalue weighted by Crippen LogP contribution is 2.45. The number of carbonyl (C=O) groups excluding carboxylic acids is 3. The number of nitrogens with two attached hydrogens (primary N) is 1. The lowest BCUT2D eigenvalue weighted by molar-refractivity contribution is -0.144. The number of pyridine rings is 2. The van der Waals surface area contributed by atoms with Gasteiger partial charge in [0.15, 0.2) is 5.78 Å². The van der Waals surface area contributed by atoms with Gasteiger partial charge in [0.25, 0.3) is 11.1 Å². The summed E-state index contributed by atoms with van der Waals surface area (Å²) in [6, 6.07) is 5.05. The number of halogens is 13. The zero-order valence-corrected chi connectivity index (χ0v) is 63.5. The number of alkyl halides is 9. The number of carbonyl (C=O) groups is 4. The van der Waals surface area contributed by atoms with Gasteiger partial charge in [0.2, 0.25) is 0 Å². The molecule has 3 N–H and O–H groups in total. The van der Waals surface area contributed by atoms with Crippen LogP contribution in [0.1, 0.15) is 176 Å². The molecule has 0 radical (unpaired) electrons. The van der Waals surface area contributed by atoms with Crippen molar-refractivity contribution >= 4 is 50.7 Å². The minimum atomic E-state index is -4.72. The van der Waals surface area contributed by atoms with Crippen LogP contribution in [0.2, 0.25) is 0 Å². The Hall–Kier alpha value is -7.47. The second kappa shape index (κ2) is 39.2. The standard InChI is InChI=1S/C38H47F5N2O4.C21H22F5NO2.C16H23F3N2O3.2H2S/c1-10-49-33(48)19-27(18-31(46)30(15-21(2)3)45-20-26(13-14-44(8)9)23(5)17-32(45)47)35-36(39)24(6)16-28(37(35)40)34-22(4)11-12-29(25(34)7)38(41,42)43;1-5-29-16(28)9-15(27)18-19(22)11(3)8-13(20(18)23)17-10(2)6-7-14(12(17)4)21(24,25)26;1-10(2)7-13(15(23)24)21-9-11(5-6-20(3)4)12(8-14(21)22)16(17,18)19;;/h11-12,16-17,20-21,27,30H,10,13-15,18-19H2,1-9H3;6-8,15H,5,9,27H2,1-4H3;8-10,13H,5-7H2,1-4H3,(H,23,24);2*1H2/t27-,30?;15-;;;/m00.../s1. The van der Waals surface area contributed by atoms with Gasteiger partial charge in [-0.05, 0) is 213 Å². The Bertz CT molecular complexity index is 4110. The number of rotatable bonds is 26. The number of likely N-dealkylation sites (N-methyl/N-ethyl adjacent to an activating group) is 2. The van der Waals surface area contributed by atoms with E-state index in [0.29, 0.717) is 36.7 Å². The van der Waals surface area contributed by atoms with Crippen LogP contribution in [0.3, 0.4) is 0 Å². The summed E-state index contributed by atoms with van der Waals surface area (Å²) >= 11 is 0. The summed E-state index contributed by atoms with van der Waals surface area (Å²) in [5, 5.41) is 9.35. The SMILES string of the molecule is CC(C)CC(C(=O)O)n1cc(CCN(C)C)c(C(F)(F)F)cc1=O.CCOC(=O)C[C@H](CC(=O)C(CC(C)C)n1cc(CCN(C)C)c(C)cc1=O)c1c(F)c(C)cc(-c2c(C)ccc(C(F)(F)F)c2C)c1F.CCOC(=O)C[C@H](N)c1c(F)c(C)cc(-c2c(C)ccc(C(F)(F)F)c2C)c1F.S.S. The minimum absolute atomic E-state index is 0. The quantitative estimate of drug-likeness (QED) is 0.0388. The third-order valence-corrected chi connectivity index (χ3v) is 17.2. The van der Waals surface area contributed by atoms with Crippen molar-refractivity contribution in [2.24, 2.45) is 17.6 Å². The molecule has 0 saturated heterocycles. The van der Waals surface area contributed by atoms with Crippen LogP contribution in [0.4, 0.5) is 57.1 Å². The van der Waals surface area contributed by atoms with E-state index in [9.17, 15) is 77.8 Å². The van der Waals surface area contributed by atoms with Crippen molar-refractivity contribution in [1.82, 2.24) is 18.9 Å². The summed E-state index contributed by atoms with van der Waals surface area (Å²) in [4.78, 5) is 79.4. The second-order valence-corrected chi connectivity index (χ2v) is 26.8. The molecule has 104 heavy (non-hydrogen) atoms. The van der Waals surface area contributed by atoms with E-state index in [-0.39, 0.29) is 121 Å². The van der Waals surface area contributed by atoms with E-state index in [0.717, 1.165) is 46.2 Å². The molecule has 0 amide bonds. The fourth-order valence-corrected chi connectivity index (χ4v) is 12.2. The van der Waals surface area contributed by atoms with E-state index in [4.69, 9.17) is 15.2 Å². The zero-order chi connectivity index (χ0) is 77.7. The van der Waals surface area contributed by atoms with Crippen LogP contribution >= 0.6 is 27.0 Å². The third kappa shape index (κ3) is 24.3. The Labute approximate surface area is 612 Å². The number of carboxylic acid groups (broad SMARTS) is 1. The fourth-order valence-electron chi connectivity index (χ4n) is 12.2. The number of carboxylic acids is 1. The van der Waals surface area contributed by atoms with Crippen LogP contribution < -0.4 is 16.9 Å². The van der Waals surface area contributed by atoms with Crippen LogP contribution in [0, 0.1) is 83.6 Å². The molecule has 0 spiro atoms. The molecule has 2 aromatic heterocycles. The average Bonchev–Trinajstić information content (AvgIpc) is 0.765. The van der Waals surface area contributed by atoms with E-state index >= 15 is 13.2 Å². The molecule has 0 fully saturated rings. The van der Waals surface area contributed by atoms with Gasteiger partial charge in [0.1, 0.15) is 29.3 Å². The van der Waals surface area contributed by atoms with Crippen molar-refractivity contribution < 1.29 is 90.8 Å². The molecule has 4 atom stereocenters. The number of esters is 2. The lowest BCUT2D eigenvalue weighted by Gasteiger charge is -2.26. The van der Waals surface area contributed by atoms with E-state index in [1.165, 1.54) is 57.4 Å². The van der Waals surface area contributed by atoms with E-state index in [2.05, 4.69) is 0 Å². The van der Waals surface area contributed by atoms with Gasteiger partial charge in [-0.3, -0.25) is 24.0 Å². The number of aromatic nitrogens is 2. The van der Waals surface area contributed by atoms with Crippen LogP contribution in [-0.2, 0) is 60.0 Å². The molecule has 0 bridgehead atoms. The van der Waals surface area contributed by atoms with Crippen molar-refractivity contribution in [1.29, 1.82) is 0 Å². The smallest absolute Gasteiger partial charge is 0.416 e. The first-order valence-corrected chi connectivity index (χ1v) is 33.1. The second-order valence-electron chi connectivity index (χ2n) is 26.8. The number of aliphatic carboxylic acids is 1. The van der Waals surface area contributed by atoms with Crippen LogP contribution in [0.25, 0.3) is 22.3 Å². The lowest BCUT2D eigenvalue weighted by Crippen LogP contribution is -2.32. The molecule has 578 valence electrons. The Morgan fingerprint density at radius 2 is 0.894 bits per heavy atom. The molecule has 14 nitrogen and oxygen atoms in total. The Morgan fingerprint density at radius 1 is 0.510 bits per heavy atom. The molecular weight excluding hydrogens is 1430 g/mol. The monoisotopic (exact) mass is 1520 g/mol. The van der Waals surface area contributed by atoms with Crippen LogP contribution in [0.15, 0.2) is 70.5 Å². The molecule has 6 aromatic rings. The van der Waals surface area contributed by atoms with Crippen LogP contribution in [0.5, 0.6) is 0 Å². The topological polar surface area (TPSA) is 183 Å². The summed E-state index contributed by atoms with van der Waals surface area (Å²) in [5.41, 5.74) is 1.82. The zero-order valence-electron chi connectivity index (χ0n) is 61.5. The minimum Gasteiger partial charge on any atom is -0.480 e.